The Morgan fingerprint density at radius 2 is 2.29 bits per heavy atom. The molecule has 1 unspecified atom stereocenters. The van der Waals surface area contributed by atoms with E-state index >= 15 is 0 Å². The van der Waals surface area contributed by atoms with Crippen molar-refractivity contribution in [1.29, 1.82) is 0 Å². The third kappa shape index (κ3) is 3.66. The highest BCUT2D eigenvalue weighted by Gasteiger charge is 2.26. The van der Waals surface area contributed by atoms with Crippen LogP contribution in [0.3, 0.4) is 0 Å². The Hall–Kier alpha value is -0.640. The molecule has 1 atom stereocenters. The van der Waals surface area contributed by atoms with Crippen LogP contribution in [0.2, 0.25) is 5.02 Å². The van der Waals surface area contributed by atoms with Gasteiger partial charge in [0.05, 0.1) is 6.61 Å². The second kappa shape index (κ2) is 5.34. The van der Waals surface area contributed by atoms with E-state index in [-0.39, 0.29) is 11.4 Å². The number of hydrogen-bond donors (Lipinski definition) is 1. The van der Waals surface area contributed by atoms with Crippen molar-refractivity contribution < 1.29 is 9.13 Å². The molecule has 1 aliphatic rings. The zero-order valence-corrected chi connectivity index (χ0v) is 10.7. The molecule has 0 amide bonds. The molecule has 0 radical (unpaired) electrons. The quantitative estimate of drug-likeness (QED) is 0.898. The van der Waals surface area contributed by atoms with Crippen LogP contribution in [-0.2, 0) is 11.3 Å². The smallest absolute Gasteiger partial charge is 0.125 e. The Labute approximate surface area is 106 Å². The maximum atomic E-state index is 13.2. The first-order valence-electron chi connectivity index (χ1n) is 5.85. The van der Waals surface area contributed by atoms with Crippen LogP contribution in [0.4, 0.5) is 4.39 Å². The largest absolute Gasteiger partial charge is 0.380 e. The minimum atomic E-state index is -0.292. The standard InChI is InChI=1S/C13H17ClFNO/c1-13(3-2-4-17-9-13)16-8-10-5-11(14)7-12(15)6-10/h5-7,16H,2-4,8-9H2,1H3. The molecule has 2 rings (SSSR count). The van der Waals surface area contributed by atoms with E-state index in [4.69, 9.17) is 16.3 Å². The van der Waals surface area contributed by atoms with Crippen molar-refractivity contribution in [2.75, 3.05) is 13.2 Å². The molecule has 1 saturated heterocycles. The monoisotopic (exact) mass is 257 g/mol. The molecular formula is C13H17ClFNO. The summed E-state index contributed by atoms with van der Waals surface area (Å²) in [5.41, 5.74) is 0.846. The SMILES string of the molecule is CC1(NCc2cc(F)cc(Cl)c2)CCCOC1. The molecule has 1 fully saturated rings. The first-order chi connectivity index (χ1) is 8.07. The van der Waals surface area contributed by atoms with E-state index < -0.39 is 0 Å². The van der Waals surface area contributed by atoms with Crippen LogP contribution in [0.1, 0.15) is 25.3 Å². The highest BCUT2D eigenvalue weighted by Crippen LogP contribution is 2.20. The number of nitrogens with one attached hydrogen (secondary N) is 1. The van der Waals surface area contributed by atoms with Crippen LogP contribution in [0, 0.1) is 5.82 Å². The van der Waals surface area contributed by atoms with Crippen molar-refractivity contribution in [3.8, 4) is 0 Å². The van der Waals surface area contributed by atoms with Gasteiger partial charge in [0.2, 0.25) is 0 Å². The minimum absolute atomic E-state index is 0.0168. The van der Waals surface area contributed by atoms with Gasteiger partial charge in [-0.3, -0.25) is 0 Å². The van der Waals surface area contributed by atoms with Gasteiger partial charge >= 0.3 is 0 Å². The average molecular weight is 258 g/mol. The van der Waals surface area contributed by atoms with Crippen molar-refractivity contribution in [3.63, 3.8) is 0 Å². The molecule has 1 aromatic rings. The summed E-state index contributed by atoms with van der Waals surface area (Å²) in [4.78, 5) is 0. The number of rotatable bonds is 3. The molecule has 2 nitrogen and oxygen atoms in total. The molecule has 0 saturated carbocycles. The molecule has 1 aliphatic heterocycles. The Morgan fingerprint density at radius 1 is 1.47 bits per heavy atom. The van der Waals surface area contributed by atoms with Gasteiger partial charge in [0.15, 0.2) is 0 Å². The fourth-order valence-corrected chi connectivity index (χ4v) is 2.35. The van der Waals surface area contributed by atoms with Crippen molar-refractivity contribution in [1.82, 2.24) is 5.32 Å². The molecule has 0 bridgehead atoms. The number of benzene rings is 1. The van der Waals surface area contributed by atoms with Crippen LogP contribution in [0.25, 0.3) is 0 Å². The zero-order valence-electron chi connectivity index (χ0n) is 9.93. The second-order valence-electron chi connectivity index (χ2n) is 4.85. The molecule has 0 spiro atoms. The van der Waals surface area contributed by atoms with Gasteiger partial charge in [0, 0.05) is 23.7 Å². The third-order valence-electron chi connectivity index (χ3n) is 3.08. The van der Waals surface area contributed by atoms with Gasteiger partial charge in [-0.25, -0.2) is 4.39 Å². The summed E-state index contributed by atoms with van der Waals surface area (Å²) in [6.45, 7) is 4.28. The van der Waals surface area contributed by atoms with E-state index in [1.165, 1.54) is 12.1 Å². The lowest BCUT2D eigenvalue weighted by Gasteiger charge is -2.34. The molecule has 94 valence electrons. The van der Waals surface area contributed by atoms with Gasteiger partial charge in [0.1, 0.15) is 5.82 Å². The van der Waals surface area contributed by atoms with Crippen molar-refractivity contribution in [2.45, 2.75) is 31.8 Å². The molecule has 0 aromatic heterocycles. The Kier molecular flexibility index (Phi) is 4.02. The number of hydrogen-bond acceptors (Lipinski definition) is 2. The van der Waals surface area contributed by atoms with Gasteiger partial charge in [-0.2, -0.15) is 0 Å². The first kappa shape index (κ1) is 12.8. The van der Waals surface area contributed by atoms with Gasteiger partial charge in [-0.15, -0.1) is 0 Å². The first-order valence-corrected chi connectivity index (χ1v) is 6.23. The normalized spacial score (nSPS) is 24.9. The number of ether oxygens (including phenoxy) is 1. The molecule has 17 heavy (non-hydrogen) atoms. The van der Waals surface area contributed by atoms with E-state index in [0.29, 0.717) is 18.2 Å². The average Bonchev–Trinajstić information content (AvgIpc) is 2.26. The lowest BCUT2D eigenvalue weighted by atomic mass is 9.94. The fourth-order valence-electron chi connectivity index (χ4n) is 2.10. The predicted molar refractivity (Wildman–Crippen MR) is 66.7 cm³/mol. The lowest BCUT2D eigenvalue weighted by Crippen LogP contribution is -2.48. The van der Waals surface area contributed by atoms with E-state index in [1.54, 1.807) is 6.07 Å². The van der Waals surface area contributed by atoms with Gasteiger partial charge in [0.25, 0.3) is 0 Å². The summed E-state index contributed by atoms with van der Waals surface area (Å²) in [5.74, 6) is -0.292. The summed E-state index contributed by atoms with van der Waals surface area (Å²) < 4.78 is 18.6. The molecule has 1 heterocycles. The second-order valence-corrected chi connectivity index (χ2v) is 5.28. The molecular weight excluding hydrogens is 241 g/mol. The van der Waals surface area contributed by atoms with Crippen LogP contribution in [0.5, 0.6) is 0 Å². The summed E-state index contributed by atoms with van der Waals surface area (Å²) in [6, 6.07) is 4.60. The molecule has 4 heteroatoms. The van der Waals surface area contributed by atoms with E-state index in [2.05, 4.69) is 12.2 Å². The van der Waals surface area contributed by atoms with Crippen LogP contribution >= 0.6 is 11.6 Å². The molecule has 0 aliphatic carbocycles. The summed E-state index contributed by atoms with van der Waals surface area (Å²) in [6.07, 6.45) is 2.14. The lowest BCUT2D eigenvalue weighted by molar-refractivity contribution is 0.0278. The van der Waals surface area contributed by atoms with Crippen LogP contribution in [0.15, 0.2) is 18.2 Å². The highest BCUT2D eigenvalue weighted by molar-refractivity contribution is 6.30. The minimum Gasteiger partial charge on any atom is -0.380 e. The Balaban J connectivity index is 1.96. The number of halogens is 2. The summed E-state index contributed by atoms with van der Waals surface area (Å²) in [7, 11) is 0. The topological polar surface area (TPSA) is 21.3 Å². The zero-order chi connectivity index (χ0) is 12.3. The molecule has 1 N–H and O–H groups in total. The van der Waals surface area contributed by atoms with Crippen molar-refractivity contribution in [3.05, 3.63) is 34.6 Å². The Morgan fingerprint density at radius 3 is 2.94 bits per heavy atom. The highest BCUT2D eigenvalue weighted by atomic mass is 35.5. The van der Waals surface area contributed by atoms with Crippen molar-refractivity contribution in [2.24, 2.45) is 0 Å². The van der Waals surface area contributed by atoms with Gasteiger partial charge in [-0.05, 0) is 43.5 Å². The summed E-state index contributed by atoms with van der Waals surface area (Å²) >= 11 is 5.81. The van der Waals surface area contributed by atoms with Gasteiger partial charge in [-0.1, -0.05) is 11.6 Å². The third-order valence-corrected chi connectivity index (χ3v) is 3.30. The van der Waals surface area contributed by atoms with E-state index in [0.717, 1.165) is 25.0 Å². The van der Waals surface area contributed by atoms with Crippen molar-refractivity contribution >= 4 is 11.6 Å². The van der Waals surface area contributed by atoms with Crippen LogP contribution < -0.4 is 5.32 Å². The summed E-state index contributed by atoms with van der Waals surface area (Å²) in [5, 5.41) is 3.86. The Bertz CT molecular complexity index is 371. The van der Waals surface area contributed by atoms with Crippen LogP contribution in [-0.4, -0.2) is 18.8 Å². The predicted octanol–water partition coefficient (Wildman–Crippen LogP) is 3.14. The molecule has 1 aromatic carbocycles. The van der Waals surface area contributed by atoms with E-state index in [9.17, 15) is 4.39 Å². The fraction of sp³-hybridized carbons (Fsp3) is 0.538. The maximum absolute atomic E-state index is 13.2. The maximum Gasteiger partial charge on any atom is 0.125 e. The van der Waals surface area contributed by atoms with Gasteiger partial charge < -0.3 is 10.1 Å². The van der Waals surface area contributed by atoms with E-state index in [1.807, 2.05) is 0 Å².